The first-order chi connectivity index (χ1) is 9.78. The SMILES string of the molecule is CC(C)(C)OC(=O)NN1C(=O)CCC1c1ccccc1Cl. The molecule has 0 radical (unpaired) electrons. The van der Waals surface area contributed by atoms with Crippen LogP contribution in [0.15, 0.2) is 24.3 Å². The number of nitrogens with zero attached hydrogens (tertiary/aromatic N) is 1. The van der Waals surface area contributed by atoms with E-state index in [1.54, 1.807) is 26.8 Å². The molecule has 1 fully saturated rings. The van der Waals surface area contributed by atoms with Crippen molar-refractivity contribution >= 4 is 23.6 Å². The lowest BCUT2D eigenvalue weighted by Crippen LogP contribution is -2.46. The van der Waals surface area contributed by atoms with E-state index in [1.165, 1.54) is 5.01 Å². The van der Waals surface area contributed by atoms with Crippen LogP contribution in [-0.2, 0) is 9.53 Å². The van der Waals surface area contributed by atoms with E-state index in [2.05, 4.69) is 5.43 Å². The average molecular weight is 311 g/mol. The third-order valence-corrected chi connectivity index (χ3v) is 3.43. The lowest BCUT2D eigenvalue weighted by Gasteiger charge is -2.28. The second-order valence-electron chi connectivity index (χ2n) is 5.95. The van der Waals surface area contributed by atoms with E-state index in [9.17, 15) is 9.59 Å². The summed E-state index contributed by atoms with van der Waals surface area (Å²) < 4.78 is 5.19. The van der Waals surface area contributed by atoms with Gasteiger partial charge in [0.15, 0.2) is 0 Å². The van der Waals surface area contributed by atoms with E-state index < -0.39 is 11.7 Å². The Balaban J connectivity index is 2.15. The third kappa shape index (κ3) is 3.88. The summed E-state index contributed by atoms with van der Waals surface area (Å²) in [5.41, 5.74) is 2.73. The molecule has 1 aromatic carbocycles. The van der Waals surface area contributed by atoms with E-state index in [0.717, 1.165) is 5.56 Å². The van der Waals surface area contributed by atoms with Gasteiger partial charge in [0.05, 0.1) is 6.04 Å². The Labute approximate surface area is 129 Å². The molecule has 1 saturated heterocycles. The van der Waals surface area contributed by atoms with Gasteiger partial charge in [-0.1, -0.05) is 29.8 Å². The fraction of sp³-hybridized carbons (Fsp3) is 0.467. The van der Waals surface area contributed by atoms with Crippen LogP contribution in [0.5, 0.6) is 0 Å². The Morgan fingerprint density at radius 2 is 2.05 bits per heavy atom. The molecule has 1 N–H and O–H groups in total. The number of nitrogens with one attached hydrogen (secondary N) is 1. The van der Waals surface area contributed by atoms with Gasteiger partial charge in [-0.05, 0) is 38.8 Å². The van der Waals surface area contributed by atoms with E-state index in [1.807, 2.05) is 18.2 Å². The first-order valence-corrected chi connectivity index (χ1v) is 7.22. The van der Waals surface area contributed by atoms with Gasteiger partial charge >= 0.3 is 6.09 Å². The second kappa shape index (κ2) is 5.93. The summed E-state index contributed by atoms with van der Waals surface area (Å²) in [5.74, 6) is -0.147. The molecule has 1 aromatic rings. The molecule has 5 nitrogen and oxygen atoms in total. The Morgan fingerprint density at radius 1 is 1.38 bits per heavy atom. The third-order valence-electron chi connectivity index (χ3n) is 3.09. The van der Waals surface area contributed by atoms with Crippen molar-refractivity contribution in [2.75, 3.05) is 0 Å². The molecule has 0 bridgehead atoms. The van der Waals surface area contributed by atoms with Crippen molar-refractivity contribution in [1.82, 2.24) is 10.4 Å². The molecule has 1 unspecified atom stereocenters. The van der Waals surface area contributed by atoms with Crippen LogP contribution in [0.3, 0.4) is 0 Å². The van der Waals surface area contributed by atoms with Crippen LogP contribution in [0.25, 0.3) is 0 Å². The summed E-state index contributed by atoms with van der Waals surface area (Å²) in [6.07, 6.45) is 0.333. The Kier molecular flexibility index (Phi) is 4.42. The number of amides is 2. The summed E-state index contributed by atoms with van der Waals surface area (Å²) in [6, 6.07) is 7.05. The molecule has 1 aliphatic rings. The zero-order valence-electron chi connectivity index (χ0n) is 12.4. The fourth-order valence-electron chi connectivity index (χ4n) is 2.26. The van der Waals surface area contributed by atoms with Crippen LogP contribution in [0.2, 0.25) is 5.02 Å². The van der Waals surface area contributed by atoms with Crippen LogP contribution in [-0.4, -0.2) is 22.6 Å². The first-order valence-electron chi connectivity index (χ1n) is 6.84. The minimum atomic E-state index is -0.644. The topological polar surface area (TPSA) is 58.6 Å². The number of carbonyl (C=O) groups is 2. The predicted octanol–water partition coefficient (Wildman–Crippen LogP) is 3.44. The number of rotatable bonds is 2. The van der Waals surface area contributed by atoms with E-state index in [-0.39, 0.29) is 11.9 Å². The summed E-state index contributed by atoms with van der Waals surface area (Å²) >= 11 is 6.18. The van der Waals surface area contributed by atoms with Crippen molar-refractivity contribution in [3.63, 3.8) is 0 Å². The molecule has 114 valence electrons. The van der Waals surface area contributed by atoms with Gasteiger partial charge < -0.3 is 4.74 Å². The van der Waals surface area contributed by atoms with E-state index in [4.69, 9.17) is 16.3 Å². The van der Waals surface area contributed by atoms with Crippen molar-refractivity contribution in [1.29, 1.82) is 0 Å². The zero-order chi connectivity index (χ0) is 15.6. The van der Waals surface area contributed by atoms with Crippen LogP contribution in [0.4, 0.5) is 4.79 Å². The molecule has 2 rings (SSSR count). The van der Waals surface area contributed by atoms with Crippen LogP contribution in [0.1, 0.15) is 45.2 Å². The Bertz CT molecular complexity index is 554. The number of hydrogen-bond acceptors (Lipinski definition) is 3. The maximum Gasteiger partial charge on any atom is 0.426 e. The molecule has 1 heterocycles. The monoisotopic (exact) mass is 310 g/mol. The average Bonchev–Trinajstić information content (AvgIpc) is 2.69. The Morgan fingerprint density at radius 3 is 2.67 bits per heavy atom. The highest BCUT2D eigenvalue weighted by molar-refractivity contribution is 6.31. The highest BCUT2D eigenvalue weighted by atomic mass is 35.5. The molecule has 21 heavy (non-hydrogen) atoms. The highest BCUT2D eigenvalue weighted by Crippen LogP contribution is 2.35. The minimum Gasteiger partial charge on any atom is -0.443 e. The fourth-order valence-corrected chi connectivity index (χ4v) is 2.52. The number of hydrazine groups is 1. The number of hydrogen-bond donors (Lipinski definition) is 1. The van der Waals surface area contributed by atoms with E-state index in [0.29, 0.717) is 17.9 Å². The minimum absolute atomic E-state index is 0.147. The largest absolute Gasteiger partial charge is 0.443 e. The molecule has 6 heteroatoms. The predicted molar refractivity (Wildman–Crippen MR) is 79.6 cm³/mol. The maximum absolute atomic E-state index is 12.0. The first kappa shape index (κ1) is 15.6. The van der Waals surface area contributed by atoms with Gasteiger partial charge in [0.1, 0.15) is 5.60 Å². The van der Waals surface area contributed by atoms with Gasteiger partial charge in [-0.3, -0.25) is 4.79 Å². The van der Waals surface area contributed by atoms with Gasteiger partial charge in [-0.2, -0.15) is 0 Å². The molecule has 1 aliphatic heterocycles. The lowest BCUT2D eigenvalue weighted by molar-refractivity contribution is -0.132. The van der Waals surface area contributed by atoms with Crippen molar-refractivity contribution in [2.45, 2.75) is 45.3 Å². The lowest BCUT2D eigenvalue weighted by atomic mass is 10.1. The number of halogens is 1. The molecule has 0 saturated carbocycles. The van der Waals surface area contributed by atoms with Gasteiger partial charge in [0.25, 0.3) is 0 Å². The molecule has 2 amide bonds. The standard InChI is InChI=1S/C15H19ClN2O3/c1-15(2,3)21-14(20)17-18-12(8-9-13(18)19)10-6-4-5-7-11(10)16/h4-7,12H,8-9H2,1-3H3,(H,17,20). The van der Waals surface area contributed by atoms with Gasteiger partial charge in [-0.25, -0.2) is 15.2 Å². The summed E-state index contributed by atoms with van der Waals surface area (Å²) in [6.45, 7) is 5.30. The summed E-state index contributed by atoms with van der Waals surface area (Å²) in [4.78, 5) is 23.8. The maximum atomic E-state index is 12.0. The van der Waals surface area contributed by atoms with Crippen molar-refractivity contribution in [3.05, 3.63) is 34.9 Å². The number of ether oxygens (including phenoxy) is 1. The smallest absolute Gasteiger partial charge is 0.426 e. The van der Waals surface area contributed by atoms with Crippen molar-refractivity contribution in [3.8, 4) is 0 Å². The Hall–Kier alpha value is -1.75. The summed E-state index contributed by atoms with van der Waals surface area (Å²) in [7, 11) is 0. The molecule has 0 spiro atoms. The molecule has 1 atom stereocenters. The summed E-state index contributed by atoms with van der Waals surface area (Å²) in [5, 5.41) is 1.89. The normalized spacial score (nSPS) is 18.8. The molecule has 0 aromatic heterocycles. The van der Waals surface area contributed by atoms with E-state index >= 15 is 0 Å². The zero-order valence-corrected chi connectivity index (χ0v) is 13.1. The highest BCUT2D eigenvalue weighted by Gasteiger charge is 2.35. The molecule has 0 aliphatic carbocycles. The van der Waals surface area contributed by atoms with Crippen LogP contribution >= 0.6 is 11.6 Å². The van der Waals surface area contributed by atoms with Crippen molar-refractivity contribution in [2.24, 2.45) is 0 Å². The molecular formula is C15H19ClN2O3. The second-order valence-corrected chi connectivity index (χ2v) is 6.36. The van der Waals surface area contributed by atoms with Gasteiger partial charge in [0.2, 0.25) is 5.91 Å². The van der Waals surface area contributed by atoms with Crippen molar-refractivity contribution < 1.29 is 14.3 Å². The van der Waals surface area contributed by atoms with Crippen LogP contribution < -0.4 is 5.43 Å². The number of carbonyl (C=O) groups excluding carboxylic acids is 2. The number of benzene rings is 1. The van der Waals surface area contributed by atoms with Gasteiger partial charge in [-0.15, -0.1) is 0 Å². The van der Waals surface area contributed by atoms with Crippen LogP contribution in [0, 0.1) is 0 Å². The molecular weight excluding hydrogens is 292 g/mol. The van der Waals surface area contributed by atoms with Gasteiger partial charge in [0, 0.05) is 11.4 Å². The quantitative estimate of drug-likeness (QED) is 0.910.